The Bertz CT molecular complexity index is 458. The second-order valence-electron chi connectivity index (χ2n) is 4.27. The van der Waals surface area contributed by atoms with Crippen LogP contribution >= 0.6 is 0 Å². The van der Waals surface area contributed by atoms with Crippen LogP contribution in [0.2, 0.25) is 0 Å². The van der Waals surface area contributed by atoms with Gasteiger partial charge in [0.05, 0.1) is 6.04 Å². The van der Waals surface area contributed by atoms with Gasteiger partial charge >= 0.3 is 0 Å². The smallest absolute Gasteiger partial charge is 0.239 e. The summed E-state index contributed by atoms with van der Waals surface area (Å²) in [5.74, 6) is 0.0366. The minimum atomic E-state index is -0.356. The van der Waals surface area contributed by atoms with Gasteiger partial charge in [0.25, 0.3) is 0 Å². The zero-order chi connectivity index (χ0) is 12.4. The standard InChI is InChI=1S/C12H16N4O/c13-10-4-5-16(12(10)17)7-8-2-1-3-9(6-8)11(14)15/h1-3,6,10H,4-5,7,13H2,(H3,14,15)/t10-/m1/s1. The highest BCUT2D eigenvalue weighted by atomic mass is 16.2. The maximum Gasteiger partial charge on any atom is 0.239 e. The van der Waals surface area contributed by atoms with Crippen molar-refractivity contribution in [3.05, 3.63) is 35.4 Å². The summed E-state index contributed by atoms with van der Waals surface area (Å²) in [5, 5.41) is 7.37. The molecule has 0 aromatic heterocycles. The molecule has 1 fully saturated rings. The fourth-order valence-electron chi connectivity index (χ4n) is 1.98. The predicted molar refractivity (Wildman–Crippen MR) is 65.5 cm³/mol. The molecule has 0 spiro atoms. The Kier molecular flexibility index (Phi) is 3.10. The summed E-state index contributed by atoms with van der Waals surface area (Å²) in [7, 11) is 0. The van der Waals surface area contributed by atoms with Crippen molar-refractivity contribution < 1.29 is 4.79 Å². The molecule has 1 heterocycles. The van der Waals surface area contributed by atoms with Gasteiger partial charge in [-0.2, -0.15) is 0 Å². The Morgan fingerprint density at radius 2 is 2.29 bits per heavy atom. The molecular weight excluding hydrogens is 216 g/mol. The van der Waals surface area contributed by atoms with Crippen LogP contribution in [0.15, 0.2) is 24.3 Å². The Hall–Kier alpha value is -1.88. The Morgan fingerprint density at radius 3 is 2.88 bits per heavy atom. The minimum absolute atomic E-state index is 0.00164. The molecule has 1 atom stereocenters. The lowest BCUT2D eigenvalue weighted by Gasteiger charge is -2.16. The van der Waals surface area contributed by atoms with Crippen LogP contribution in [0.5, 0.6) is 0 Å². The van der Waals surface area contributed by atoms with Gasteiger partial charge in [0, 0.05) is 18.7 Å². The number of rotatable bonds is 3. The fourth-order valence-corrected chi connectivity index (χ4v) is 1.98. The number of benzene rings is 1. The number of nitrogens with two attached hydrogens (primary N) is 2. The zero-order valence-corrected chi connectivity index (χ0v) is 9.52. The van der Waals surface area contributed by atoms with Crippen molar-refractivity contribution in [3.63, 3.8) is 0 Å². The molecule has 2 rings (SSSR count). The predicted octanol–water partition coefficient (Wildman–Crippen LogP) is 0.0303. The number of nitrogens with one attached hydrogen (secondary N) is 1. The third-order valence-electron chi connectivity index (χ3n) is 2.95. The first kappa shape index (κ1) is 11.6. The monoisotopic (exact) mass is 232 g/mol. The number of amidine groups is 1. The number of likely N-dealkylation sites (tertiary alicyclic amines) is 1. The molecule has 17 heavy (non-hydrogen) atoms. The second-order valence-corrected chi connectivity index (χ2v) is 4.27. The van der Waals surface area contributed by atoms with E-state index in [0.717, 1.165) is 5.56 Å². The summed E-state index contributed by atoms with van der Waals surface area (Å²) >= 11 is 0. The van der Waals surface area contributed by atoms with Crippen molar-refractivity contribution in [3.8, 4) is 0 Å². The first-order valence-electron chi connectivity index (χ1n) is 5.55. The van der Waals surface area contributed by atoms with Crippen molar-refractivity contribution in [2.24, 2.45) is 11.5 Å². The molecule has 1 saturated heterocycles. The molecule has 1 amide bonds. The largest absolute Gasteiger partial charge is 0.384 e. The Labute approximate surface area is 99.9 Å². The van der Waals surface area contributed by atoms with Gasteiger partial charge in [-0.15, -0.1) is 0 Å². The Balaban J connectivity index is 2.11. The molecule has 0 bridgehead atoms. The van der Waals surface area contributed by atoms with E-state index in [2.05, 4.69) is 0 Å². The minimum Gasteiger partial charge on any atom is -0.384 e. The molecule has 90 valence electrons. The van der Waals surface area contributed by atoms with Crippen LogP contribution in [0.25, 0.3) is 0 Å². The molecule has 5 nitrogen and oxygen atoms in total. The van der Waals surface area contributed by atoms with Crippen molar-refractivity contribution >= 4 is 11.7 Å². The van der Waals surface area contributed by atoms with Crippen LogP contribution in [-0.2, 0) is 11.3 Å². The van der Waals surface area contributed by atoms with Crippen LogP contribution in [0, 0.1) is 5.41 Å². The number of carbonyl (C=O) groups excluding carboxylic acids is 1. The highest BCUT2D eigenvalue weighted by molar-refractivity contribution is 5.95. The molecule has 1 aliphatic rings. The molecule has 0 aliphatic carbocycles. The SMILES string of the molecule is N=C(N)c1cccc(CN2CC[C@@H](N)C2=O)c1. The first-order valence-corrected chi connectivity index (χ1v) is 5.55. The van der Waals surface area contributed by atoms with Crippen LogP contribution in [0.3, 0.4) is 0 Å². The molecule has 5 N–H and O–H groups in total. The van der Waals surface area contributed by atoms with Crippen LogP contribution in [0.1, 0.15) is 17.5 Å². The average Bonchev–Trinajstić information content (AvgIpc) is 2.61. The second kappa shape index (κ2) is 4.55. The number of hydrogen-bond acceptors (Lipinski definition) is 3. The summed E-state index contributed by atoms with van der Waals surface area (Å²) in [6.45, 7) is 1.23. The molecule has 0 radical (unpaired) electrons. The van der Waals surface area contributed by atoms with Crippen molar-refractivity contribution in [1.82, 2.24) is 4.90 Å². The van der Waals surface area contributed by atoms with Crippen molar-refractivity contribution in [2.45, 2.75) is 19.0 Å². The molecular formula is C12H16N4O. The van der Waals surface area contributed by atoms with E-state index >= 15 is 0 Å². The van der Waals surface area contributed by atoms with Gasteiger partial charge in [-0.1, -0.05) is 18.2 Å². The molecule has 0 unspecified atom stereocenters. The summed E-state index contributed by atoms with van der Waals surface area (Å²) in [5.41, 5.74) is 12.7. The molecule has 1 aromatic rings. The van der Waals surface area contributed by atoms with E-state index in [4.69, 9.17) is 16.9 Å². The van der Waals surface area contributed by atoms with Gasteiger partial charge in [0.1, 0.15) is 5.84 Å². The van der Waals surface area contributed by atoms with E-state index in [1.54, 1.807) is 11.0 Å². The average molecular weight is 232 g/mol. The lowest BCUT2D eigenvalue weighted by Crippen LogP contribution is -2.33. The van der Waals surface area contributed by atoms with E-state index in [1.165, 1.54) is 0 Å². The van der Waals surface area contributed by atoms with E-state index in [-0.39, 0.29) is 17.8 Å². The zero-order valence-electron chi connectivity index (χ0n) is 9.52. The van der Waals surface area contributed by atoms with E-state index in [0.29, 0.717) is 25.1 Å². The molecule has 5 heteroatoms. The van der Waals surface area contributed by atoms with Crippen LogP contribution in [0.4, 0.5) is 0 Å². The highest BCUT2D eigenvalue weighted by Gasteiger charge is 2.28. The van der Waals surface area contributed by atoms with Crippen LogP contribution in [-0.4, -0.2) is 29.2 Å². The maximum atomic E-state index is 11.7. The fraction of sp³-hybridized carbons (Fsp3) is 0.333. The first-order chi connectivity index (χ1) is 8.08. The van der Waals surface area contributed by atoms with E-state index in [1.807, 2.05) is 18.2 Å². The lowest BCUT2D eigenvalue weighted by atomic mass is 10.1. The lowest BCUT2D eigenvalue weighted by molar-refractivity contribution is -0.129. The number of nitrogens with zero attached hydrogens (tertiary/aromatic N) is 1. The summed E-state index contributed by atoms with van der Waals surface area (Å²) in [6.07, 6.45) is 0.714. The van der Waals surface area contributed by atoms with Crippen molar-refractivity contribution in [1.29, 1.82) is 5.41 Å². The number of nitrogen functional groups attached to an aromatic ring is 1. The number of hydrogen-bond donors (Lipinski definition) is 3. The normalized spacial score (nSPS) is 19.7. The quantitative estimate of drug-likeness (QED) is 0.506. The van der Waals surface area contributed by atoms with E-state index < -0.39 is 0 Å². The van der Waals surface area contributed by atoms with Gasteiger partial charge in [-0.25, -0.2) is 0 Å². The van der Waals surface area contributed by atoms with Gasteiger partial charge in [-0.05, 0) is 18.1 Å². The number of amides is 1. The third kappa shape index (κ3) is 2.45. The summed E-state index contributed by atoms with van der Waals surface area (Å²) in [6, 6.07) is 7.02. The van der Waals surface area contributed by atoms with Crippen LogP contribution < -0.4 is 11.5 Å². The molecule has 1 aromatic carbocycles. The highest BCUT2D eigenvalue weighted by Crippen LogP contribution is 2.14. The van der Waals surface area contributed by atoms with Gasteiger partial charge in [-0.3, -0.25) is 10.2 Å². The van der Waals surface area contributed by atoms with Gasteiger partial charge in [0.15, 0.2) is 0 Å². The molecule has 1 aliphatic heterocycles. The summed E-state index contributed by atoms with van der Waals surface area (Å²) < 4.78 is 0. The topological polar surface area (TPSA) is 96.2 Å². The van der Waals surface area contributed by atoms with E-state index in [9.17, 15) is 4.79 Å². The van der Waals surface area contributed by atoms with Gasteiger partial charge in [0.2, 0.25) is 5.91 Å². The number of carbonyl (C=O) groups is 1. The maximum absolute atomic E-state index is 11.7. The van der Waals surface area contributed by atoms with Crippen molar-refractivity contribution in [2.75, 3.05) is 6.54 Å². The Morgan fingerprint density at radius 1 is 1.53 bits per heavy atom. The van der Waals surface area contributed by atoms with Gasteiger partial charge < -0.3 is 16.4 Å². The summed E-state index contributed by atoms with van der Waals surface area (Å²) in [4.78, 5) is 13.4. The third-order valence-corrected chi connectivity index (χ3v) is 2.95. The molecule has 0 saturated carbocycles.